The SMILES string of the molecule is CC(O)(CO)CNC(CC(N)=NO)c1ccccc1. The molecule has 106 valence electrons. The number of benzene rings is 1. The van der Waals surface area contributed by atoms with Crippen LogP contribution in [0.15, 0.2) is 35.5 Å². The van der Waals surface area contributed by atoms with Crippen molar-refractivity contribution in [2.45, 2.75) is 25.0 Å². The first-order valence-electron chi connectivity index (χ1n) is 6.06. The fourth-order valence-corrected chi connectivity index (χ4v) is 1.64. The molecule has 2 atom stereocenters. The number of amidine groups is 1. The van der Waals surface area contributed by atoms with Gasteiger partial charge in [-0.25, -0.2) is 0 Å². The van der Waals surface area contributed by atoms with E-state index in [2.05, 4.69) is 10.5 Å². The first-order valence-corrected chi connectivity index (χ1v) is 6.06. The molecule has 0 aliphatic rings. The summed E-state index contributed by atoms with van der Waals surface area (Å²) in [6.45, 7) is 1.39. The van der Waals surface area contributed by atoms with E-state index in [1.807, 2.05) is 30.3 Å². The Morgan fingerprint density at radius 2 is 2.05 bits per heavy atom. The molecule has 6 N–H and O–H groups in total. The highest BCUT2D eigenvalue weighted by molar-refractivity contribution is 5.80. The molecule has 0 saturated carbocycles. The summed E-state index contributed by atoms with van der Waals surface area (Å²) in [7, 11) is 0. The smallest absolute Gasteiger partial charge is 0.141 e. The van der Waals surface area contributed by atoms with Gasteiger partial charge in [0.2, 0.25) is 0 Å². The minimum atomic E-state index is -1.21. The van der Waals surface area contributed by atoms with Crippen LogP contribution in [0, 0.1) is 0 Å². The Kier molecular flexibility index (Phi) is 5.75. The lowest BCUT2D eigenvalue weighted by atomic mass is 10.0. The largest absolute Gasteiger partial charge is 0.409 e. The molecule has 0 amide bonds. The van der Waals surface area contributed by atoms with Gasteiger partial charge in [-0.1, -0.05) is 35.5 Å². The van der Waals surface area contributed by atoms with Gasteiger partial charge in [-0.15, -0.1) is 0 Å². The maximum Gasteiger partial charge on any atom is 0.141 e. The van der Waals surface area contributed by atoms with Crippen LogP contribution in [-0.4, -0.2) is 40.0 Å². The van der Waals surface area contributed by atoms with Crippen LogP contribution in [0.4, 0.5) is 0 Å². The van der Waals surface area contributed by atoms with E-state index in [9.17, 15) is 5.11 Å². The molecule has 0 heterocycles. The van der Waals surface area contributed by atoms with Crippen molar-refractivity contribution >= 4 is 5.84 Å². The van der Waals surface area contributed by atoms with Gasteiger partial charge in [0.1, 0.15) is 5.84 Å². The summed E-state index contributed by atoms with van der Waals surface area (Å²) < 4.78 is 0. The van der Waals surface area contributed by atoms with E-state index in [1.165, 1.54) is 6.92 Å². The predicted octanol–water partition coefficient (Wildman–Crippen LogP) is 0.197. The Labute approximate surface area is 112 Å². The molecule has 1 aromatic rings. The molecule has 0 fully saturated rings. The van der Waals surface area contributed by atoms with Crippen LogP contribution in [0.1, 0.15) is 24.9 Å². The molecule has 6 heteroatoms. The Hall–Kier alpha value is -1.63. The van der Waals surface area contributed by atoms with Crippen LogP contribution in [0.5, 0.6) is 0 Å². The normalized spacial score (nSPS) is 16.9. The van der Waals surface area contributed by atoms with Crippen LogP contribution < -0.4 is 11.1 Å². The Morgan fingerprint density at radius 3 is 2.58 bits per heavy atom. The maximum atomic E-state index is 9.79. The fourth-order valence-electron chi connectivity index (χ4n) is 1.64. The molecule has 0 saturated heterocycles. The highest BCUT2D eigenvalue weighted by Gasteiger charge is 2.22. The molecule has 2 unspecified atom stereocenters. The fraction of sp³-hybridized carbons (Fsp3) is 0.462. The lowest BCUT2D eigenvalue weighted by Crippen LogP contribution is -2.43. The zero-order chi connectivity index (χ0) is 14.3. The molecule has 0 radical (unpaired) electrons. The van der Waals surface area contributed by atoms with Gasteiger partial charge in [0.05, 0.1) is 12.2 Å². The second-order valence-electron chi connectivity index (χ2n) is 4.79. The predicted molar refractivity (Wildman–Crippen MR) is 72.9 cm³/mol. The summed E-state index contributed by atoms with van der Waals surface area (Å²) in [6, 6.07) is 9.30. The molecule has 6 nitrogen and oxygen atoms in total. The van der Waals surface area contributed by atoms with Crippen LogP contribution in [0.2, 0.25) is 0 Å². The molecular weight excluding hydrogens is 246 g/mol. The van der Waals surface area contributed by atoms with Crippen molar-refractivity contribution in [3.05, 3.63) is 35.9 Å². The monoisotopic (exact) mass is 267 g/mol. The first-order chi connectivity index (χ1) is 8.98. The quantitative estimate of drug-likeness (QED) is 0.210. The Bertz CT molecular complexity index is 407. The minimum absolute atomic E-state index is 0.102. The summed E-state index contributed by atoms with van der Waals surface area (Å²) in [5.74, 6) is 0.102. The number of nitrogens with two attached hydrogens (primary N) is 1. The standard InChI is InChI=1S/C13H21N3O3/c1-13(18,9-17)8-15-11(7-12(14)16-19)10-5-3-2-4-6-10/h2-6,11,15,17-19H,7-9H2,1H3,(H2,14,16). The third kappa shape index (κ3) is 5.25. The summed E-state index contributed by atoms with van der Waals surface area (Å²) in [5, 5.41) is 33.5. The summed E-state index contributed by atoms with van der Waals surface area (Å²) in [6.07, 6.45) is 0.308. The number of aliphatic hydroxyl groups is 2. The van der Waals surface area contributed by atoms with Gasteiger partial charge in [0.25, 0.3) is 0 Å². The second kappa shape index (κ2) is 7.08. The van der Waals surface area contributed by atoms with E-state index in [4.69, 9.17) is 16.0 Å². The number of oxime groups is 1. The van der Waals surface area contributed by atoms with E-state index in [0.717, 1.165) is 5.56 Å². The lowest BCUT2D eigenvalue weighted by Gasteiger charge is -2.25. The highest BCUT2D eigenvalue weighted by atomic mass is 16.4. The molecule has 0 aromatic heterocycles. The van der Waals surface area contributed by atoms with Crippen LogP contribution >= 0.6 is 0 Å². The molecule has 1 rings (SSSR count). The number of hydrogen-bond acceptors (Lipinski definition) is 5. The molecule has 19 heavy (non-hydrogen) atoms. The van der Waals surface area contributed by atoms with Crippen molar-refractivity contribution < 1.29 is 15.4 Å². The van der Waals surface area contributed by atoms with Crippen LogP contribution in [0.25, 0.3) is 0 Å². The highest BCUT2D eigenvalue weighted by Crippen LogP contribution is 2.17. The number of hydrogen-bond donors (Lipinski definition) is 5. The molecular formula is C13H21N3O3. The summed E-state index contributed by atoms with van der Waals surface area (Å²) >= 11 is 0. The van der Waals surface area contributed by atoms with Gasteiger partial charge in [0.15, 0.2) is 0 Å². The van der Waals surface area contributed by atoms with Gasteiger partial charge in [-0.3, -0.25) is 0 Å². The van der Waals surface area contributed by atoms with Crippen molar-refractivity contribution in [3.8, 4) is 0 Å². The molecule has 1 aromatic carbocycles. The van der Waals surface area contributed by atoms with Crippen molar-refractivity contribution in [3.63, 3.8) is 0 Å². The van der Waals surface area contributed by atoms with Gasteiger partial charge >= 0.3 is 0 Å². The number of aliphatic hydroxyl groups excluding tert-OH is 1. The number of nitrogens with one attached hydrogen (secondary N) is 1. The van der Waals surface area contributed by atoms with Crippen molar-refractivity contribution in [2.75, 3.05) is 13.2 Å². The third-order valence-corrected chi connectivity index (χ3v) is 2.81. The van der Waals surface area contributed by atoms with E-state index in [-0.39, 0.29) is 25.0 Å². The van der Waals surface area contributed by atoms with Gasteiger partial charge < -0.3 is 26.5 Å². The van der Waals surface area contributed by atoms with Gasteiger partial charge in [0, 0.05) is 19.0 Å². The lowest BCUT2D eigenvalue weighted by molar-refractivity contribution is 0.000803. The molecule has 0 aliphatic heterocycles. The maximum absolute atomic E-state index is 9.79. The number of rotatable bonds is 7. The summed E-state index contributed by atoms with van der Waals surface area (Å²) in [5.41, 5.74) is 5.28. The summed E-state index contributed by atoms with van der Waals surface area (Å²) in [4.78, 5) is 0. The van der Waals surface area contributed by atoms with Crippen LogP contribution in [-0.2, 0) is 0 Å². The zero-order valence-corrected chi connectivity index (χ0v) is 11.0. The zero-order valence-electron chi connectivity index (χ0n) is 11.0. The first kappa shape index (κ1) is 15.4. The molecule has 0 bridgehead atoms. The van der Waals surface area contributed by atoms with E-state index in [0.29, 0.717) is 6.42 Å². The topological polar surface area (TPSA) is 111 Å². The Morgan fingerprint density at radius 1 is 1.42 bits per heavy atom. The van der Waals surface area contributed by atoms with E-state index < -0.39 is 5.60 Å². The van der Waals surface area contributed by atoms with Gasteiger partial charge in [-0.2, -0.15) is 0 Å². The van der Waals surface area contributed by atoms with E-state index >= 15 is 0 Å². The van der Waals surface area contributed by atoms with Crippen molar-refractivity contribution in [1.82, 2.24) is 5.32 Å². The number of nitrogens with zero attached hydrogens (tertiary/aromatic N) is 1. The average Bonchev–Trinajstić information content (AvgIpc) is 2.44. The van der Waals surface area contributed by atoms with Crippen LogP contribution in [0.3, 0.4) is 0 Å². The minimum Gasteiger partial charge on any atom is -0.409 e. The average molecular weight is 267 g/mol. The molecule has 0 spiro atoms. The second-order valence-corrected chi connectivity index (χ2v) is 4.79. The van der Waals surface area contributed by atoms with E-state index in [1.54, 1.807) is 0 Å². The van der Waals surface area contributed by atoms with Gasteiger partial charge in [-0.05, 0) is 12.5 Å². The molecule has 0 aliphatic carbocycles. The Balaban J connectivity index is 2.76. The third-order valence-electron chi connectivity index (χ3n) is 2.81. The van der Waals surface area contributed by atoms with Crippen molar-refractivity contribution in [1.29, 1.82) is 0 Å². The van der Waals surface area contributed by atoms with Crippen molar-refractivity contribution in [2.24, 2.45) is 10.9 Å².